The summed E-state index contributed by atoms with van der Waals surface area (Å²) in [7, 11) is 0. The molecule has 1 aromatic carbocycles. The molecule has 7 nitrogen and oxygen atoms in total. The minimum atomic E-state index is -0.868. The number of aliphatic hydroxyl groups is 1. The van der Waals surface area contributed by atoms with Crippen LogP contribution in [0.25, 0.3) is 0 Å². The number of fused-ring (bicyclic) bond motifs is 2. The largest absolute Gasteiger partial charge is 0.394 e. The minimum Gasteiger partial charge on any atom is -0.394 e. The van der Waals surface area contributed by atoms with Gasteiger partial charge in [0.1, 0.15) is 18.2 Å². The number of aliphatic hydroxyl groups excluding tert-OH is 1. The molecule has 0 aromatic heterocycles. The maximum absolute atomic E-state index is 12.7. The van der Waals surface area contributed by atoms with E-state index in [0.717, 1.165) is 4.90 Å². The number of hydrogen-bond acceptors (Lipinski definition) is 6. The smallest absolute Gasteiger partial charge is 0.261 e. The van der Waals surface area contributed by atoms with Gasteiger partial charge in [-0.2, -0.15) is 0 Å². The molecule has 23 heavy (non-hydrogen) atoms. The van der Waals surface area contributed by atoms with Gasteiger partial charge in [0.15, 0.2) is 12.1 Å². The summed E-state index contributed by atoms with van der Waals surface area (Å²) in [6.07, 6.45) is -2.07. The average Bonchev–Trinajstić information content (AvgIpc) is 3.07. The lowest BCUT2D eigenvalue weighted by Gasteiger charge is -2.30. The van der Waals surface area contributed by atoms with Gasteiger partial charge >= 0.3 is 0 Å². The molecule has 2 fully saturated rings. The van der Waals surface area contributed by atoms with Crippen LogP contribution in [0.5, 0.6) is 0 Å². The molecule has 4 atom stereocenters. The first-order valence-electron chi connectivity index (χ1n) is 7.52. The fraction of sp³-hybridized carbons (Fsp3) is 0.500. The lowest BCUT2D eigenvalue weighted by molar-refractivity contribution is -0.212. The average molecular weight is 319 g/mol. The second kappa shape index (κ2) is 4.85. The Kier molecular flexibility index (Phi) is 3.11. The zero-order valence-corrected chi connectivity index (χ0v) is 12.8. The summed E-state index contributed by atoms with van der Waals surface area (Å²) >= 11 is 0. The Bertz CT molecular complexity index is 652. The molecule has 1 N–H and O–H groups in total. The Labute approximate surface area is 132 Å². The number of rotatable bonds is 2. The second-order valence-electron chi connectivity index (χ2n) is 6.34. The summed E-state index contributed by atoms with van der Waals surface area (Å²) < 4.78 is 17.1. The predicted octanol–water partition coefficient (Wildman–Crippen LogP) is 0.520. The molecule has 0 saturated carbocycles. The van der Waals surface area contributed by atoms with E-state index >= 15 is 0 Å². The number of hydrogen-bond donors (Lipinski definition) is 1. The van der Waals surface area contributed by atoms with Gasteiger partial charge in [0.25, 0.3) is 11.8 Å². The van der Waals surface area contributed by atoms with Crippen LogP contribution in [0, 0.1) is 0 Å². The number of carbonyl (C=O) groups is 2. The zero-order valence-electron chi connectivity index (χ0n) is 12.8. The van der Waals surface area contributed by atoms with E-state index in [-0.39, 0.29) is 6.61 Å². The molecule has 2 saturated heterocycles. The number of carbonyl (C=O) groups excluding carboxylic acids is 2. The first-order chi connectivity index (χ1) is 10.9. The summed E-state index contributed by atoms with van der Waals surface area (Å²) in [5.74, 6) is -1.66. The van der Waals surface area contributed by atoms with Crippen molar-refractivity contribution in [2.45, 2.75) is 44.2 Å². The standard InChI is InChI=1S/C16H17NO6/c1-16(2)22-12-11(10(7-18)21-15(12)23-16)17-13(19)8-5-3-4-6-9(8)14(17)20/h3-6,10-12,15,18H,7H2,1-2H3/t10-,11+,12+,15+/m0/s1. The van der Waals surface area contributed by atoms with E-state index in [1.807, 2.05) is 0 Å². The van der Waals surface area contributed by atoms with E-state index in [4.69, 9.17) is 14.2 Å². The van der Waals surface area contributed by atoms with E-state index in [1.54, 1.807) is 38.1 Å². The van der Waals surface area contributed by atoms with Crippen molar-refractivity contribution in [3.05, 3.63) is 35.4 Å². The predicted molar refractivity (Wildman–Crippen MR) is 76.5 cm³/mol. The van der Waals surface area contributed by atoms with Crippen molar-refractivity contribution in [1.82, 2.24) is 4.90 Å². The fourth-order valence-electron chi connectivity index (χ4n) is 3.50. The van der Waals surface area contributed by atoms with Crippen molar-refractivity contribution in [1.29, 1.82) is 0 Å². The summed E-state index contributed by atoms with van der Waals surface area (Å²) in [4.78, 5) is 26.5. The summed E-state index contributed by atoms with van der Waals surface area (Å²) in [6, 6.07) is 5.94. The third-order valence-corrected chi connectivity index (χ3v) is 4.42. The first kappa shape index (κ1) is 14.8. The summed E-state index contributed by atoms with van der Waals surface area (Å²) in [6.45, 7) is 3.14. The highest BCUT2D eigenvalue weighted by molar-refractivity contribution is 6.21. The molecular formula is C16H17NO6. The van der Waals surface area contributed by atoms with E-state index in [2.05, 4.69) is 0 Å². The lowest BCUT2D eigenvalue weighted by Crippen LogP contribution is -2.52. The van der Waals surface area contributed by atoms with Crippen LogP contribution in [-0.4, -0.2) is 58.8 Å². The number of nitrogens with zero attached hydrogens (tertiary/aromatic N) is 1. The zero-order chi connectivity index (χ0) is 16.4. The molecule has 3 heterocycles. The molecule has 3 aliphatic heterocycles. The maximum Gasteiger partial charge on any atom is 0.261 e. The van der Waals surface area contributed by atoms with Crippen LogP contribution in [0.15, 0.2) is 24.3 Å². The molecule has 122 valence electrons. The van der Waals surface area contributed by atoms with Gasteiger partial charge in [-0.05, 0) is 26.0 Å². The van der Waals surface area contributed by atoms with Gasteiger partial charge in [0, 0.05) is 0 Å². The van der Waals surface area contributed by atoms with Gasteiger partial charge in [-0.15, -0.1) is 0 Å². The maximum atomic E-state index is 12.7. The highest BCUT2D eigenvalue weighted by Gasteiger charge is 2.59. The highest BCUT2D eigenvalue weighted by atomic mass is 16.8. The van der Waals surface area contributed by atoms with Crippen LogP contribution < -0.4 is 0 Å². The second-order valence-corrected chi connectivity index (χ2v) is 6.34. The van der Waals surface area contributed by atoms with Gasteiger partial charge < -0.3 is 19.3 Å². The van der Waals surface area contributed by atoms with Gasteiger partial charge in [-0.25, -0.2) is 0 Å². The Morgan fingerprint density at radius 2 is 1.74 bits per heavy atom. The molecule has 0 radical (unpaired) electrons. The molecular weight excluding hydrogens is 302 g/mol. The van der Waals surface area contributed by atoms with E-state index in [1.165, 1.54) is 0 Å². The number of amides is 2. The first-order valence-corrected chi connectivity index (χ1v) is 7.52. The normalized spacial score (nSPS) is 34.8. The van der Waals surface area contributed by atoms with Crippen LogP contribution >= 0.6 is 0 Å². The van der Waals surface area contributed by atoms with Crippen LogP contribution in [0.4, 0.5) is 0 Å². The van der Waals surface area contributed by atoms with E-state index in [9.17, 15) is 14.7 Å². The third kappa shape index (κ3) is 2.05. The van der Waals surface area contributed by atoms with Crippen molar-refractivity contribution in [2.24, 2.45) is 0 Å². The Morgan fingerprint density at radius 3 is 2.30 bits per heavy atom. The van der Waals surface area contributed by atoms with Gasteiger partial charge in [-0.1, -0.05) is 12.1 Å². The van der Waals surface area contributed by atoms with Gasteiger partial charge in [0.2, 0.25) is 0 Å². The Balaban J connectivity index is 1.72. The Morgan fingerprint density at radius 1 is 1.13 bits per heavy atom. The summed E-state index contributed by atoms with van der Waals surface area (Å²) in [5, 5.41) is 9.59. The van der Waals surface area contributed by atoms with Crippen LogP contribution in [-0.2, 0) is 14.2 Å². The topological polar surface area (TPSA) is 85.3 Å². The number of benzene rings is 1. The molecule has 7 heteroatoms. The SMILES string of the molecule is CC1(C)O[C@H]2O[C@@H](CO)[C@@H](N3C(=O)c4ccccc4C3=O)[C@H]2O1. The van der Waals surface area contributed by atoms with Crippen molar-refractivity contribution in [3.8, 4) is 0 Å². The molecule has 1 aromatic rings. The van der Waals surface area contributed by atoms with Crippen molar-refractivity contribution in [3.63, 3.8) is 0 Å². The minimum absolute atomic E-state index is 0.335. The number of ether oxygens (including phenoxy) is 3. The molecule has 2 amide bonds. The summed E-state index contributed by atoms with van der Waals surface area (Å²) in [5.41, 5.74) is 0.714. The van der Waals surface area contributed by atoms with E-state index < -0.39 is 42.1 Å². The molecule has 3 aliphatic rings. The van der Waals surface area contributed by atoms with Crippen molar-refractivity contribution in [2.75, 3.05) is 6.61 Å². The van der Waals surface area contributed by atoms with Gasteiger partial charge in [0.05, 0.1) is 17.7 Å². The molecule has 0 aliphatic carbocycles. The number of imide groups is 1. The van der Waals surface area contributed by atoms with Crippen molar-refractivity contribution >= 4 is 11.8 Å². The van der Waals surface area contributed by atoms with Crippen molar-refractivity contribution < 1.29 is 28.9 Å². The monoisotopic (exact) mass is 319 g/mol. The molecule has 0 spiro atoms. The lowest BCUT2D eigenvalue weighted by atomic mass is 10.1. The van der Waals surface area contributed by atoms with Crippen LogP contribution in [0.1, 0.15) is 34.6 Å². The van der Waals surface area contributed by atoms with Crippen LogP contribution in [0.3, 0.4) is 0 Å². The fourth-order valence-corrected chi connectivity index (χ4v) is 3.50. The van der Waals surface area contributed by atoms with E-state index in [0.29, 0.717) is 11.1 Å². The molecule has 0 bridgehead atoms. The van der Waals surface area contributed by atoms with Crippen LogP contribution in [0.2, 0.25) is 0 Å². The van der Waals surface area contributed by atoms with Gasteiger partial charge in [-0.3, -0.25) is 14.5 Å². The third-order valence-electron chi connectivity index (χ3n) is 4.42. The quantitative estimate of drug-likeness (QED) is 0.800. The highest BCUT2D eigenvalue weighted by Crippen LogP contribution is 2.41. The molecule has 4 rings (SSSR count). The molecule has 0 unspecified atom stereocenters. The Hall–Kier alpha value is -1.80.